The molecule has 4 aromatic rings. The van der Waals surface area contributed by atoms with Crippen molar-refractivity contribution in [3.63, 3.8) is 0 Å². The van der Waals surface area contributed by atoms with Crippen LogP contribution in [0.4, 0.5) is 4.79 Å². The fraction of sp³-hybridized carbons (Fsp3) is 0.111. The lowest BCUT2D eigenvalue weighted by molar-refractivity contribution is -0.123. The Balaban J connectivity index is 1.45. The molecule has 0 unspecified atom stereocenters. The number of amides is 2. The van der Waals surface area contributed by atoms with Crippen LogP contribution in [0.25, 0.3) is 17.0 Å². The first-order valence-corrected chi connectivity index (χ1v) is 11.8. The molecule has 3 aromatic carbocycles. The number of hydrogen-bond acceptors (Lipinski definition) is 3. The Morgan fingerprint density at radius 1 is 0.909 bits per heavy atom. The molecule has 0 spiro atoms. The van der Waals surface area contributed by atoms with Gasteiger partial charge in [-0.1, -0.05) is 71.8 Å². The van der Waals surface area contributed by atoms with Gasteiger partial charge in [0.1, 0.15) is 0 Å². The fourth-order valence-electron chi connectivity index (χ4n) is 4.01. The predicted molar refractivity (Wildman–Crippen MR) is 135 cm³/mol. The summed E-state index contributed by atoms with van der Waals surface area (Å²) in [6, 6.07) is 23.8. The van der Waals surface area contributed by atoms with Crippen LogP contribution in [0, 0.1) is 6.92 Å². The average Bonchev–Trinajstić information content (AvgIpc) is 3.28. The molecule has 2 amide bonds. The summed E-state index contributed by atoms with van der Waals surface area (Å²) in [4.78, 5) is 27.4. The molecule has 2 heterocycles. The first kappa shape index (κ1) is 21.6. The number of rotatable bonds is 5. The number of aromatic nitrogens is 1. The Hall–Kier alpha value is -3.28. The van der Waals surface area contributed by atoms with Gasteiger partial charge in [-0.25, -0.2) is 0 Å². The number of hydrogen-bond donors (Lipinski definition) is 0. The van der Waals surface area contributed by atoms with E-state index in [0.29, 0.717) is 9.93 Å². The number of benzene rings is 3. The lowest BCUT2D eigenvalue weighted by atomic mass is 10.1. The number of thioether (sulfide) groups is 1. The van der Waals surface area contributed by atoms with Crippen LogP contribution in [0.5, 0.6) is 0 Å². The highest BCUT2D eigenvalue weighted by atomic mass is 35.5. The van der Waals surface area contributed by atoms with Crippen LogP contribution in [0.2, 0.25) is 5.02 Å². The number of carbonyl (C=O) groups is 2. The number of para-hydroxylation sites is 1. The zero-order valence-electron chi connectivity index (χ0n) is 18.0. The summed E-state index contributed by atoms with van der Waals surface area (Å²) in [5.74, 6) is -0.277. The van der Waals surface area contributed by atoms with E-state index in [0.717, 1.165) is 40.3 Å². The van der Waals surface area contributed by atoms with Gasteiger partial charge < -0.3 is 4.57 Å². The Morgan fingerprint density at radius 3 is 2.48 bits per heavy atom. The standard InChI is InChI=1S/C27H21ClN2O2S/c1-18-9-11-19(12-10-18)15-29-17-21(23-7-2-3-8-24(23)29)14-25-26(31)30(27(32)33-25)16-20-5-4-6-22(28)13-20/h2-14,17H,15-16H2,1H3/b25-14-. The van der Waals surface area contributed by atoms with E-state index >= 15 is 0 Å². The Kier molecular flexibility index (Phi) is 5.83. The second-order valence-electron chi connectivity index (χ2n) is 8.11. The van der Waals surface area contributed by atoms with Gasteiger partial charge in [-0.3, -0.25) is 14.5 Å². The molecule has 5 rings (SSSR count). The average molecular weight is 473 g/mol. The molecule has 164 valence electrons. The van der Waals surface area contributed by atoms with E-state index in [9.17, 15) is 9.59 Å². The van der Waals surface area contributed by atoms with Crippen molar-refractivity contribution in [2.45, 2.75) is 20.0 Å². The van der Waals surface area contributed by atoms with Crippen LogP contribution >= 0.6 is 23.4 Å². The van der Waals surface area contributed by atoms with Crippen LogP contribution in [-0.4, -0.2) is 20.6 Å². The Bertz CT molecular complexity index is 1410. The van der Waals surface area contributed by atoms with Gasteiger partial charge in [0.25, 0.3) is 11.1 Å². The molecular weight excluding hydrogens is 452 g/mol. The molecule has 0 saturated carbocycles. The molecule has 1 aliphatic rings. The first-order valence-electron chi connectivity index (χ1n) is 10.6. The van der Waals surface area contributed by atoms with E-state index < -0.39 is 0 Å². The zero-order chi connectivity index (χ0) is 22.9. The van der Waals surface area contributed by atoms with Gasteiger partial charge in [0.2, 0.25) is 0 Å². The van der Waals surface area contributed by atoms with Crippen LogP contribution in [0.1, 0.15) is 22.3 Å². The Morgan fingerprint density at radius 2 is 1.70 bits per heavy atom. The minimum Gasteiger partial charge on any atom is -0.342 e. The lowest BCUT2D eigenvalue weighted by Crippen LogP contribution is -2.27. The van der Waals surface area contributed by atoms with Crippen molar-refractivity contribution in [3.05, 3.63) is 111 Å². The minimum absolute atomic E-state index is 0.206. The van der Waals surface area contributed by atoms with Crippen LogP contribution < -0.4 is 0 Å². The molecule has 6 heteroatoms. The summed E-state index contributed by atoms with van der Waals surface area (Å²) >= 11 is 7.04. The molecule has 0 radical (unpaired) electrons. The van der Waals surface area contributed by atoms with Crippen molar-refractivity contribution in [2.75, 3.05) is 0 Å². The van der Waals surface area contributed by atoms with Crippen LogP contribution in [0.15, 0.2) is 83.9 Å². The number of fused-ring (bicyclic) bond motifs is 1. The third-order valence-electron chi connectivity index (χ3n) is 5.68. The Labute approximate surface area is 201 Å². The summed E-state index contributed by atoms with van der Waals surface area (Å²) in [6.07, 6.45) is 3.88. The largest absolute Gasteiger partial charge is 0.342 e. The smallest absolute Gasteiger partial charge is 0.293 e. The van der Waals surface area contributed by atoms with Gasteiger partial charge in [0, 0.05) is 34.2 Å². The molecule has 0 N–H and O–H groups in total. The second-order valence-corrected chi connectivity index (χ2v) is 9.54. The monoisotopic (exact) mass is 472 g/mol. The highest BCUT2D eigenvalue weighted by Crippen LogP contribution is 2.35. The molecule has 1 saturated heterocycles. The molecule has 1 aromatic heterocycles. The number of carbonyl (C=O) groups excluding carboxylic acids is 2. The van der Waals surface area contributed by atoms with Crippen LogP contribution in [-0.2, 0) is 17.9 Å². The van der Waals surface area contributed by atoms with E-state index in [2.05, 4.69) is 48.0 Å². The van der Waals surface area contributed by atoms with E-state index in [4.69, 9.17) is 11.6 Å². The van der Waals surface area contributed by atoms with E-state index in [1.807, 2.05) is 36.4 Å². The molecule has 1 aliphatic heterocycles. The maximum Gasteiger partial charge on any atom is 0.293 e. The van der Waals surface area contributed by atoms with Crippen molar-refractivity contribution in [1.82, 2.24) is 9.47 Å². The molecule has 0 aliphatic carbocycles. The quantitative estimate of drug-likeness (QED) is 0.297. The van der Waals surface area contributed by atoms with Crippen molar-refractivity contribution in [2.24, 2.45) is 0 Å². The predicted octanol–water partition coefficient (Wildman–Crippen LogP) is 6.89. The maximum absolute atomic E-state index is 13.1. The van der Waals surface area contributed by atoms with Crippen molar-refractivity contribution in [3.8, 4) is 0 Å². The summed E-state index contributed by atoms with van der Waals surface area (Å²) in [5, 5.41) is 1.36. The van der Waals surface area contributed by atoms with Gasteiger partial charge in [-0.15, -0.1) is 0 Å². The summed E-state index contributed by atoms with van der Waals surface area (Å²) in [7, 11) is 0. The van der Waals surface area contributed by atoms with Gasteiger partial charge >= 0.3 is 0 Å². The van der Waals surface area contributed by atoms with Crippen molar-refractivity contribution in [1.29, 1.82) is 0 Å². The van der Waals surface area contributed by atoms with Gasteiger partial charge in [0.15, 0.2) is 0 Å². The van der Waals surface area contributed by atoms with Gasteiger partial charge in [-0.2, -0.15) is 0 Å². The molecule has 33 heavy (non-hydrogen) atoms. The topological polar surface area (TPSA) is 42.3 Å². The minimum atomic E-state index is -0.277. The third kappa shape index (κ3) is 4.47. The van der Waals surface area contributed by atoms with Gasteiger partial charge in [-0.05, 0) is 54.1 Å². The van der Waals surface area contributed by atoms with Crippen molar-refractivity contribution < 1.29 is 9.59 Å². The normalized spacial score (nSPS) is 15.2. The van der Waals surface area contributed by atoms with E-state index in [-0.39, 0.29) is 17.7 Å². The highest BCUT2D eigenvalue weighted by molar-refractivity contribution is 8.18. The number of imide groups is 1. The first-order chi connectivity index (χ1) is 16.0. The number of halogens is 1. The third-order valence-corrected chi connectivity index (χ3v) is 6.83. The van der Waals surface area contributed by atoms with Crippen molar-refractivity contribution >= 4 is 51.5 Å². The summed E-state index contributed by atoms with van der Waals surface area (Å²) in [5.41, 5.74) is 5.26. The van der Waals surface area contributed by atoms with E-state index in [1.165, 1.54) is 16.0 Å². The zero-order valence-corrected chi connectivity index (χ0v) is 19.6. The van der Waals surface area contributed by atoms with Gasteiger partial charge in [0.05, 0.1) is 11.4 Å². The lowest BCUT2D eigenvalue weighted by Gasteiger charge is -2.12. The second kappa shape index (κ2) is 8.93. The van der Waals surface area contributed by atoms with E-state index in [1.54, 1.807) is 12.1 Å². The molecule has 0 atom stereocenters. The maximum atomic E-state index is 13.1. The SMILES string of the molecule is Cc1ccc(Cn2cc(/C=C3\SC(=O)N(Cc4cccc(Cl)c4)C3=O)c3ccccc32)cc1. The molecule has 4 nitrogen and oxygen atoms in total. The molecule has 0 bridgehead atoms. The summed E-state index contributed by atoms with van der Waals surface area (Å²) < 4.78 is 2.18. The summed E-state index contributed by atoms with van der Waals surface area (Å²) in [6.45, 7) is 3.01. The van der Waals surface area contributed by atoms with Crippen LogP contribution in [0.3, 0.4) is 0 Å². The highest BCUT2D eigenvalue weighted by Gasteiger charge is 2.35. The number of nitrogens with zero attached hydrogens (tertiary/aromatic N) is 2. The number of aryl methyl sites for hydroxylation is 1. The molecular formula is C27H21ClN2O2S. The fourth-order valence-corrected chi connectivity index (χ4v) is 5.05. The molecule has 1 fully saturated rings.